The molecule has 0 radical (unpaired) electrons. The number of hydrogen-bond donors (Lipinski definition) is 3. The van der Waals surface area contributed by atoms with Gasteiger partial charge in [-0.2, -0.15) is 4.98 Å². The van der Waals surface area contributed by atoms with E-state index >= 15 is 4.39 Å². The summed E-state index contributed by atoms with van der Waals surface area (Å²) in [6.07, 6.45) is -3.60. The molecule has 1 aliphatic heterocycles. The van der Waals surface area contributed by atoms with Crippen LogP contribution in [0, 0.1) is 0 Å². The number of nitrogen functional groups attached to an aromatic ring is 1. The lowest BCUT2D eigenvalue weighted by atomic mass is 10.1. The minimum absolute atomic E-state index is 0.000394. The van der Waals surface area contributed by atoms with Crippen molar-refractivity contribution >= 4 is 35.4 Å². The monoisotopic (exact) mass is 393 g/mol. The highest BCUT2D eigenvalue weighted by Gasteiger charge is 2.48. The smallest absolute Gasteiger partial charge is 0.280 e. The van der Waals surface area contributed by atoms with Gasteiger partial charge in [0.2, 0.25) is 5.95 Å². The van der Waals surface area contributed by atoms with Gasteiger partial charge in [-0.3, -0.25) is 14.3 Å². The fraction of sp³-hybridized carbons (Fsp3) is 0.583. The molecule has 3 heterocycles. The molecular formula is C12H17FN5O5PS. The molecule has 1 aliphatic rings. The number of imidazole rings is 1. The summed E-state index contributed by atoms with van der Waals surface area (Å²) in [4.78, 5) is 31.9. The molecular weight excluding hydrogens is 376 g/mol. The van der Waals surface area contributed by atoms with Gasteiger partial charge in [-0.25, -0.2) is 9.37 Å². The Kier molecular flexibility index (Phi) is 4.93. The summed E-state index contributed by atoms with van der Waals surface area (Å²) in [6.45, 7) is -1.79. The first-order chi connectivity index (χ1) is 11.7. The van der Waals surface area contributed by atoms with Gasteiger partial charge in [0.1, 0.15) is 12.2 Å². The molecule has 1 fully saturated rings. The Morgan fingerprint density at radius 2 is 2.36 bits per heavy atom. The van der Waals surface area contributed by atoms with Crippen LogP contribution in [0.15, 0.2) is 11.1 Å². The van der Waals surface area contributed by atoms with Crippen LogP contribution in [-0.4, -0.2) is 63.2 Å². The highest BCUT2D eigenvalue weighted by molar-refractivity contribution is 8.09. The second-order valence-corrected chi connectivity index (χ2v) is 9.46. The van der Waals surface area contributed by atoms with Crippen LogP contribution in [0.4, 0.5) is 10.3 Å². The van der Waals surface area contributed by atoms with Crippen molar-refractivity contribution < 1.29 is 23.3 Å². The van der Waals surface area contributed by atoms with E-state index in [2.05, 4.69) is 15.0 Å². The number of nitrogens with two attached hydrogens (primary N) is 1. The fourth-order valence-electron chi connectivity index (χ4n) is 2.70. The fourth-order valence-corrected chi connectivity index (χ4v) is 3.70. The third kappa shape index (κ3) is 3.59. The van der Waals surface area contributed by atoms with Crippen molar-refractivity contribution in [1.29, 1.82) is 0 Å². The van der Waals surface area contributed by atoms with Crippen LogP contribution in [0.2, 0.25) is 0 Å². The van der Waals surface area contributed by atoms with Crippen molar-refractivity contribution in [3.8, 4) is 0 Å². The summed E-state index contributed by atoms with van der Waals surface area (Å²) in [5.41, 5.74) is 5.07. The Hall–Kier alpha value is -1.43. The number of aromatic nitrogens is 4. The van der Waals surface area contributed by atoms with Gasteiger partial charge in [0, 0.05) is 13.8 Å². The molecule has 2 aromatic rings. The highest BCUT2D eigenvalue weighted by Crippen LogP contribution is 2.45. The van der Waals surface area contributed by atoms with Crippen LogP contribution < -0.4 is 11.3 Å². The second-order valence-electron chi connectivity index (χ2n) is 5.61. The predicted molar refractivity (Wildman–Crippen MR) is 90.5 cm³/mol. The summed E-state index contributed by atoms with van der Waals surface area (Å²) in [6, 6.07) is 0. The molecule has 0 aliphatic carbocycles. The molecule has 0 amide bonds. The van der Waals surface area contributed by atoms with Crippen LogP contribution in [-0.2, 0) is 25.8 Å². The first-order valence-corrected chi connectivity index (χ1v) is 10.3. The minimum atomic E-state index is -3.14. The number of nitrogens with one attached hydrogen (secondary N) is 1. The number of halogens is 1. The zero-order valence-electron chi connectivity index (χ0n) is 13.3. The van der Waals surface area contributed by atoms with Crippen molar-refractivity contribution in [2.75, 3.05) is 26.1 Å². The Morgan fingerprint density at radius 1 is 1.64 bits per heavy atom. The second kappa shape index (κ2) is 6.71. The largest absolute Gasteiger partial charge is 0.382 e. The standard InChI is InChI=1S/C12H17FN5O5PS/c1-21-3-5-8(23-24(2,20)25)6(13)11(22-5)18-4-15-7-9(18)16-12(14)17-10(7)19/h4-6,8,11H,3H2,1-2H3,(H,20,25)(H3,14,16,17,19)/t5-,6+,8?,11-,24?/m1/s1. The van der Waals surface area contributed by atoms with E-state index in [1.807, 2.05) is 0 Å². The SMILES string of the molecule is COC[C@H]1O[C@@H](n2cnc3c(=O)[nH]c(N)nc32)[C@@H](F)C1OP(C)(O)=S. The molecule has 25 heavy (non-hydrogen) atoms. The van der Waals surface area contributed by atoms with Crippen molar-refractivity contribution in [3.63, 3.8) is 0 Å². The van der Waals surface area contributed by atoms with Gasteiger partial charge < -0.3 is 24.6 Å². The zero-order valence-corrected chi connectivity index (χ0v) is 15.0. The maximum absolute atomic E-state index is 15.0. The van der Waals surface area contributed by atoms with E-state index in [4.69, 9.17) is 31.5 Å². The molecule has 0 saturated carbocycles. The molecule has 3 rings (SSSR count). The highest BCUT2D eigenvalue weighted by atomic mass is 32.5. The summed E-state index contributed by atoms with van der Waals surface area (Å²) >= 11 is 4.85. The predicted octanol–water partition coefficient (Wildman–Crippen LogP) is -0.0995. The van der Waals surface area contributed by atoms with Gasteiger partial charge >= 0.3 is 0 Å². The Balaban J connectivity index is 2.00. The van der Waals surface area contributed by atoms with Crippen LogP contribution in [0.5, 0.6) is 0 Å². The number of methoxy groups -OCH3 is 1. The van der Waals surface area contributed by atoms with Gasteiger partial charge in [-0.1, -0.05) is 0 Å². The van der Waals surface area contributed by atoms with Crippen LogP contribution in [0.3, 0.4) is 0 Å². The molecule has 0 spiro atoms. The number of hydrogen-bond acceptors (Lipinski definition) is 8. The maximum atomic E-state index is 15.0. The lowest BCUT2D eigenvalue weighted by Gasteiger charge is -2.22. The van der Waals surface area contributed by atoms with Crippen molar-refractivity contribution in [1.82, 2.24) is 19.5 Å². The van der Waals surface area contributed by atoms with E-state index in [0.717, 1.165) is 0 Å². The molecule has 2 aromatic heterocycles. The van der Waals surface area contributed by atoms with Gasteiger partial charge in [0.25, 0.3) is 5.56 Å². The number of nitrogens with zero attached hydrogens (tertiary/aromatic N) is 3. The van der Waals surface area contributed by atoms with Crippen LogP contribution >= 0.6 is 6.49 Å². The quantitative estimate of drug-likeness (QED) is 0.595. The number of rotatable bonds is 5. The number of alkyl halides is 1. The minimum Gasteiger partial charge on any atom is -0.382 e. The molecule has 1 saturated heterocycles. The first kappa shape index (κ1) is 18.4. The Labute approximate surface area is 146 Å². The zero-order chi connectivity index (χ0) is 18.4. The molecule has 2 unspecified atom stereocenters. The summed E-state index contributed by atoms with van der Waals surface area (Å²) < 4.78 is 32.3. The molecule has 4 N–H and O–H groups in total. The number of fused-ring (bicyclic) bond motifs is 1. The van der Waals surface area contributed by atoms with E-state index in [1.165, 1.54) is 24.7 Å². The third-order valence-corrected chi connectivity index (χ3v) is 4.53. The molecule has 5 atom stereocenters. The summed E-state index contributed by atoms with van der Waals surface area (Å²) in [5, 5.41) is 0. The lowest BCUT2D eigenvalue weighted by Crippen LogP contribution is -2.33. The molecule has 0 aromatic carbocycles. The molecule has 0 bridgehead atoms. The summed E-state index contributed by atoms with van der Waals surface area (Å²) in [5.74, 6) is -0.131. The van der Waals surface area contributed by atoms with Crippen LogP contribution in [0.25, 0.3) is 11.2 Å². The molecule has 13 heteroatoms. The van der Waals surface area contributed by atoms with Crippen molar-refractivity contribution in [2.45, 2.75) is 24.6 Å². The first-order valence-electron chi connectivity index (χ1n) is 7.20. The number of ether oxygens (including phenoxy) is 2. The van der Waals surface area contributed by atoms with E-state index in [0.29, 0.717) is 0 Å². The lowest BCUT2D eigenvalue weighted by molar-refractivity contribution is -0.0516. The van der Waals surface area contributed by atoms with Crippen molar-refractivity contribution in [3.05, 3.63) is 16.7 Å². The van der Waals surface area contributed by atoms with E-state index < -0.39 is 36.7 Å². The summed E-state index contributed by atoms with van der Waals surface area (Å²) in [7, 11) is 1.43. The van der Waals surface area contributed by atoms with E-state index in [-0.39, 0.29) is 23.7 Å². The topological polar surface area (TPSA) is 138 Å². The Bertz CT molecular complexity index is 884. The van der Waals surface area contributed by atoms with Gasteiger partial charge in [-0.05, 0) is 11.8 Å². The average molecular weight is 393 g/mol. The van der Waals surface area contributed by atoms with Gasteiger partial charge in [0.05, 0.1) is 12.9 Å². The van der Waals surface area contributed by atoms with Gasteiger partial charge in [0.15, 0.2) is 30.1 Å². The Morgan fingerprint density at radius 3 is 3.00 bits per heavy atom. The van der Waals surface area contributed by atoms with Crippen LogP contribution in [0.1, 0.15) is 6.23 Å². The number of aromatic amines is 1. The van der Waals surface area contributed by atoms with E-state index in [9.17, 15) is 9.69 Å². The number of H-pyrrole nitrogens is 1. The van der Waals surface area contributed by atoms with E-state index in [1.54, 1.807) is 0 Å². The molecule has 138 valence electrons. The van der Waals surface area contributed by atoms with Gasteiger partial charge in [-0.15, -0.1) is 0 Å². The average Bonchev–Trinajstić information content (AvgIpc) is 3.02. The number of anilines is 1. The van der Waals surface area contributed by atoms with Crippen molar-refractivity contribution in [2.24, 2.45) is 0 Å². The normalized spacial score (nSPS) is 29.1. The third-order valence-electron chi connectivity index (χ3n) is 3.64. The maximum Gasteiger partial charge on any atom is 0.280 e. The molecule has 10 nitrogen and oxygen atoms in total.